The van der Waals surface area contributed by atoms with Gasteiger partial charge >= 0.3 is 0 Å². The number of nitrogens with one attached hydrogen (secondary N) is 1. The average molecular weight is 424 g/mol. The van der Waals surface area contributed by atoms with E-state index in [9.17, 15) is 9.59 Å². The molecule has 2 aromatic rings. The molecule has 2 fully saturated rings. The molecule has 2 amide bonds. The Morgan fingerprint density at radius 3 is 2.39 bits per heavy atom. The summed E-state index contributed by atoms with van der Waals surface area (Å²) in [7, 11) is 0. The van der Waals surface area contributed by atoms with Crippen molar-refractivity contribution in [1.29, 1.82) is 0 Å². The van der Waals surface area contributed by atoms with E-state index in [1.165, 1.54) is 25.7 Å². The van der Waals surface area contributed by atoms with Crippen LogP contribution in [0.1, 0.15) is 55.5 Å². The fourth-order valence-corrected chi connectivity index (χ4v) is 4.48. The van der Waals surface area contributed by atoms with Gasteiger partial charge in [-0.2, -0.15) is 5.10 Å². The molecule has 1 saturated carbocycles. The number of carbonyl (C=O) groups excluding carboxylic acids is 2. The van der Waals surface area contributed by atoms with E-state index in [-0.39, 0.29) is 17.7 Å². The molecular formula is C24H33N5O2. The molecule has 7 nitrogen and oxygen atoms in total. The van der Waals surface area contributed by atoms with Gasteiger partial charge in [0.1, 0.15) is 0 Å². The molecule has 1 aliphatic carbocycles. The van der Waals surface area contributed by atoms with Crippen LogP contribution in [0.4, 0.5) is 0 Å². The van der Waals surface area contributed by atoms with Crippen LogP contribution >= 0.6 is 0 Å². The summed E-state index contributed by atoms with van der Waals surface area (Å²) in [5.74, 6) is 0.0978. The summed E-state index contributed by atoms with van der Waals surface area (Å²) < 4.78 is 1.77. The van der Waals surface area contributed by atoms with Crippen LogP contribution in [0.2, 0.25) is 0 Å². The van der Waals surface area contributed by atoms with E-state index in [0.717, 1.165) is 49.0 Å². The third-order valence-electron chi connectivity index (χ3n) is 6.45. The van der Waals surface area contributed by atoms with E-state index in [4.69, 9.17) is 0 Å². The Labute approximate surface area is 184 Å². The molecule has 1 aromatic carbocycles. The van der Waals surface area contributed by atoms with Gasteiger partial charge in [0, 0.05) is 62.0 Å². The molecule has 2 aliphatic rings. The Kier molecular flexibility index (Phi) is 6.70. The number of piperazine rings is 1. The van der Waals surface area contributed by atoms with Crippen molar-refractivity contribution >= 4 is 11.8 Å². The summed E-state index contributed by atoms with van der Waals surface area (Å²) in [6.45, 7) is 7.79. The summed E-state index contributed by atoms with van der Waals surface area (Å²) in [5.41, 5.74) is 2.55. The highest BCUT2D eigenvalue weighted by molar-refractivity contribution is 5.94. The maximum absolute atomic E-state index is 12.9. The van der Waals surface area contributed by atoms with Gasteiger partial charge in [-0.25, -0.2) is 4.68 Å². The summed E-state index contributed by atoms with van der Waals surface area (Å²) in [5, 5.41) is 7.28. The van der Waals surface area contributed by atoms with Crippen LogP contribution in [0, 0.1) is 5.92 Å². The molecule has 1 aliphatic heterocycles. The molecule has 2 heterocycles. The van der Waals surface area contributed by atoms with Gasteiger partial charge in [-0.15, -0.1) is 0 Å². The number of benzene rings is 1. The van der Waals surface area contributed by atoms with E-state index in [1.807, 2.05) is 49.2 Å². The lowest BCUT2D eigenvalue weighted by Crippen LogP contribution is -2.51. The zero-order valence-corrected chi connectivity index (χ0v) is 18.6. The lowest BCUT2D eigenvalue weighted by Gasteiger charge is -2.38. The van der Waals surface area contributed by atoms with Crippen molar-refractivity contribution in [2.45, 2.75) is 52.1 Å². The molecule has 7 heteroatoms. The Morgan fingerprint density at radius 2 is 1.74 bits per heavy atom. The Hall–Kier alpha value is -2.67. The van der Waals surface area contributed by atoms with Gasteiger partial charge in [-0.05, 0) is 37.1 Å². The molecule has 0 bridgehead atoms. The highest BCUT2D eigenvalue weighted by atomic mass is 16.2. The number of nitrogens with zero attached hydrogens (tertiary/aromatic N) is 4. The third-order valence-corrected chi connectivity index (χ3v) is 6.45. The van der Waals surface area contributed by atoms with E-state index in [1.54, 1.807) is 10.9 Å². The number of carbonyl (C=O) groups is 2. The summed E-state index contributed by atoms with van der Waals surface area (Å²) >= 11 is 0. The van der Waals surface area contributed by atoms with Crippen LogP contribution in [0.3, 0.4) is 0 Å². The van der Waals surface area contributed by atoms with Crippen molar-refractivity contribution in [3.05, 3.63) is 47.8 Å². The minimum Gasteiger partial charge on any atom is -0.352 e. The van der Waals surface area contributed by atoms with Gasteiger partial charge in [0.2, 0.25) is 5.91 Å². The smallest absolute Gasteiger partial charge is 0.253 e. The van der Waals surface area contributed by atoms with Gasteiger partial charge in [0.05, 0.1) is 11.9 Å². The fraction of sp³-hybridized carbons (Fsp3) is 0.542. The predicted molar refractivity (Wildman–Crippen MR) is 120 cm³/mol. The minimum atomic E-state index is -0.0363. The standard InChI is InChI=1S/C24H33N5O2/c1-18(2)23(30)25-15-19-16-26-29(17-19)22-9-7-20(8-10-22)24(31)28-13-11-27(12-14-28)21-5-3-4-6-21/h7-10,16-18,21H,3-6,11-15H2,1-2H3,(H,25,30). The van der Waals surface area contributed by atoms with Crippen molar-refractivity contribution in [2.24, 2.45) is 5.92 Å². The van der Waals surface area contributed by atoms with Crippen LogP contribution in [-0.2, 0) is 11.3 Å². The maximum atomic E-state index is 12.9. The van der Waals surface area contributed by atoms with Crippen molar-refractivity contribution in [2.75, 3.05) is 26.2 Å². The molecule has 1 aromatic heterocycles. The van der Waals surface area contributed by atoms with Gasteiger partial charge in [-0.1, -0.05) is 26.7 Å². The minimum absolute atomic E-state index is 0.0275. The van der Waals surface area contributed by atoms with Crippen molar-refractivity contribution in [3.63, 3.8) is 0 Å². The number of aromatic nitrogens is 2. The molecule has 0 unspecified atom stereocenters. The molecule has 4 rings (SSSR count). The van der Waals surface area contributed by atoms with Gasteiger partial charge in [0.15, 0.2) is 0 Å². The van der Waals surface area contributed by atoms with Gasteiger partial charge in [0.25, 0.3) is 5.91 Å². The predicted octanol–water partition coefficient (Wildman–Crippen LogP) is 2.84. The molecule has 0 spiro atoms. The molecule has 31 heavy (non-hydrogen) atoms. The molecule has 1 N–H and O–H groups in total. The van der Waals surface area contributed by atoms with Crippen LogP contribution in [-0.4, -0.2) is 63.6 Å². The summed E-state index contributed by atoms with van der Waals surface area (Å²) in [6.07, 6.45) is 8.98. The Bertz CT molecular complexity index is 891. The molecule has 166 valence electrons. The monoisotopic (exact) mass is 423 g/mol. The largest absolute Gasteiger partial charge is 0.352 e. The van der Waals surface area contributed by atoms with E-state index in [2.05, 4.69) is 15.3 Å². The summed E-state index contributed by atoms with van der Waals surface area (Å²) in [6, 6.07) is 8.33. The Morgan fingerprint density at radius 1 is 1.06 bits per heavy atom. The number of hydrogen-bond acceptors (Lipinski definition) is 4. The maximum Gasteiger partial charge on any atom is 0.253 e. The topological polar surface area (TPSA) is 70.5 Å². The van der Waals surface area contributed by atoms with Gasteiger partial charge < -0.3 is 10.2 Å². The Balaban J connectivity index is 1.32. The molecular weight excluding hydrogens is 390 g/mol. The number of amides is 2. The van der Waals surface area contributed by atoms with Crippen LogP contribution in [0.5, 0.6) is 0 Å². The van der Waals surface area contributed by atoms with E-state index in [0.29, 0.717) is 6.54 Å². The first-order valence-corrected chi connectivity index (χ1v) is 11.5. The van der Waals surface area contributed by atoms with Crippen molar-refractivity contribution in [3.8, 4) is 5.69 Å². The van der Waals surface area contributed by atoms with E-state index >= 15 is 0 Å². The quantitative estimate of drug-likeness (QED) is 0.776. The number of hydrogen-bond donors (Lipinski definition) is 1. The summed E-state index contributed by atoms with van der Waals surface area (Å²) in [4.78, 5) is 29.2. The first kappa shape index (κ1) is 21.6. The average Bonchev–Trinajstić information content (AvgIpc) is 3.49. The van der Waals surface area contributed by atoms with E-state index < -0.39 is 0 Å². The van der Waals surface area contributed by atoms with Gasteiger partial charge in [-0.3, -0.25) is 14.5 Å². The third kappa shape index (κ3) is 5.15. The highest BCUT2D eigenvalue weighted by Crippen LogP contribution is 2.24. The second-order valence-electron chi connectivity index (χ2n) is 8.98. The van der Waals surface area contributed by atoms with Crippen molar-refractivity contribution in [1.82, 2.24) is 24.9 Å². The first-order chi connectivity index (χ1) is 15.0. The molecule has 0 radical (unpaired) electrons. The van der Waals surface area contributed by atoms with Crippen LogP contribution < -0.4 is 5.32 Å². The second-order valence-corrected chi connectivity index (χ2v) is 8.98. The highest BCUT2D eigenvalue weighted by Gasteiger charge is 2.28. The zero-order valence-electron chi connectivity index (χ0n) is 18.6. The lowest BCUT2D eigenvalue weighted by atomic mass is 10.1. The lowest BCUT2D eigenvalue weighted by molar-refractivity contribution is -0.124. The number of rotatable bonds is 6. The van der Waals surface area contributed by atoms with Crippen molar-refractivity contribution < 1.29 is 9.59 Å². The zero-order chi connectivity index (χ0) is 21.8. The second kappa shape index (κ2) is 9.64. The van der Waals surface area contributed by atoms with Crippen LogP contribution in [0.15, 0.2) is 36.7 Å². The van der Waals surface area contributed by atoms with Crippen LogP contribution in [0.25, 0.3) is 5.69 Å². The fourth-order valence-electron chi connectivity index (χ4n) is 4.48. The molecule has 0 atom stereocenters. The normalized spacial score (nSPS) is 18.0. The SMILES string of the molecule is CC(C)C(=O)NCc1cnn(-c2ccc(C(=O)N3CCN(C4CCCC4)CC3)cc2)c1. The first-order valence-electron chi connectivity index (χ1n) is 11.5. The molecule has 1 saturated heterocycles.